The molecule has 90 valence electrons. The molecule has 1 atom stereocenters. The van der Waals surface area contributed by atoms with Crippen LogP contribution >= 0.6 is 27.5 Å². The van der Waals surface area contributed by atoms with Crippen molar-refractivity contribution in [1.29, 1.82) is 0 Å². The van der Waals surface area contributed by atoms with Gasteiger partial charge >= 0.3 is 0 Å². The summed E-state index contributed by atoms with van der Waals surface area (Å²) in [6, 6.07) is 3.36. The molecule has 1 aromatic rings. The molecule has 0 fully saturated rings. The molecule has 0 aromatic heterocycles. The summed E-state index contributed by atoms with van der Waals surface area (Å²) < 4.78 is 0. The van der Waals surface area contributed by atoms with E-state index in [2.05, 4.69) is 35.1 Å². The summed E-state index contributed by atoms with van der Waals surface area (Å²) >= 11 is 9.47. The summed E-state index contributed by atoms with van der Waals surface area (Å²) in [6.07, 6.45) is 0. The molecule has 0 amide bonds. The fraction of sp³-hybridized carbons (Fsp3) is 0.500. The number of anilines is 1. The number of aryl methyl sites for hydroxylation is 1. The molecule has 0 radical (unpaired) electrons. The van der Waals surface area contributed by atoms with Crippen LogP contribution in [0.1, 0.15) is 19.4 Å². The lowest BCUT2D eigenvalue weighted by molar-refractivity contribution is -0.267. The number of hydrogen-bond acceptors (Lipinski definition) is 2. The quantitative estimate of drug-likeness (QED) is 0.863. The Morgan fingerprint density at radius 2 is 2.06 bits per heavy atom. The predicted molar refractivity (Wildman–Crippen MR) is 71.7 cm³/mol. The van der Waals surface area contributed by atoms with Crippen molar-refractivity contribution in [2.45, 2.75) is 25.6 Å². The second-order valence-corrected chi connectivity index (χ2v) is 5.85. The first-order chi connectivity index (χ1) is 7.41. The van der Waals surface area contributed by atoms with E-state index < -0.39 is 0 Å². The number of rotatable bonds is 4. The molecule has 0 aliphatic rings. The zero-order valence-electron chi connectivity index (χ0n) is 9.68. The molecule has 0 heterocycles. The van der Waals surface area contributed by atoms with Gasteiger partial charge in [-0.1, -0.05) is 52.7 Å². The maximum Gasteiger partial charge on any atom is 0.0428 e. The van der Waals surface area contributed by atoms with E-state index in [0.29, 0.717) is 33.6 Å². The number of hydrogen-bond donors (Lipinski definition) is 1. The van der Waals surface area contributed by atoms with Gasteiger partial charge in [0.2, 0.25) is 0 Å². The summed E-state index contributed by atoms with van der Waals surface area (Å²) in [5.41, 5.74) is 1.25. The number of benzene rings is 1. The highest BCUT2D eigenvalue weighted by Crippen LogP contribution is 2.29. The zero-order valence-corrected chi connectivity index (χ0v) is 12.0. The standard InChI is InChI=1S/C12H17BrClNO/c1-7(2)10(13)6-15-11-5-9(14)4-8(3)12(11)16/h4-5,7,10,15-16H,6H2,1-3H3/p-1. The van der Waals surface area contributed by atoms with Crippen LogP contribution in [0, 0.1) is 12.8 Å². The predicted octanol–water partition coefficient (Wildman–Crippen LogP) is 3.55. The van der Waals surface area contributed by atoms with Crippen molar-refractivity contribution in [3.63, 3.8) is 0 Å². The lowest BCUT2D eigenvalue weighted by Crippen LogP contribution is -2.19. The Labute approximate surface area is 110 Å². The smallest absolute Gasteiger partial charge is 0.0428 e. The Balaban J connectivity index is 2.74. The van der Waals surface area contributed by atoms with Crippen LogP contribution in [-0.4, -0.2) is 11.4 Å². The van der Waals surface area contributed by atoms with E-state index in [1.807, 2.05) is 0 Å². The van der Waals surface area contributed by atoms with E-state index >= 15 is 0 Å². The summed E-state index contributed by atoms with van der Waals surface area (Å²) in [7, 11) is 0. The van der Waals surface area contributed by atoms with Gasteiger partial charge in [-0.15, -0.1) is 0 Å². The van der Waals surface area contributed by atoms with Crippen molar-refractivity contribution in [2.75, 3.05) is 11.9 Å². The van der Waals surface area contributed by atoms with E-state index in [1.54, 1.807) is 19.1 Å². The SMILES string of the molecule is Cc1cc(Cl)cc(NCC(Br)C(C)C)c1[O-]. The molecule has 1 N–H and O–H groups in total. The lowest BCUT2D eigenvalue weighted by Gasteiger charge is -2.21. The Morgan fingerprint density at radius 1 is 1.44 bits per heavy atom. The molecule has 16 heavy (non-hydrogen) atoms. The number of alkyl halides is 1. The Kier molecular flexibility index (Phi) is 4.93. The van der Waals surface area contributed by atoms with Gasteiger partial charge in [0.05, 0.1) is 0 Å². The fourth-order valence-corrected chi connectivity index (χ4v) is 1.74. The molecule has 1 rings (SSSR count). The van der Waals surface area contributed by atoms with Crippen LogP contribution in [0.4, 0.5) is 5.69 Å². The van der Waals surface area contributed by atoms with E-state index in [1.165, 1.54) is 0 Å². The molecular weight excluding hydrogens is 289 g/mol. The molecule has 0 saturated heterocycles. The van der Waals surface area contributed by atoms with Gasteiger partial charge in [-0.25, -0.2) is 0 Å². The minimum Gasteiger partial charge on any atom is -0.871 e. The molecule has 2 nitrogen and oxygen atoms in total. The van der Waals surface area contributed by atoms with Gasteiger partial charge in [0, 0.05) is 22.1 Å². The van der Waals surface area contributed by atoms with Gasteiger partial charge in [0.25, 0.3) is 0 Å². The highest BCUT2D eigenvalue weighted by atomic mass is 79.9. The summed E-state index contributed by atoms with van der Waals surface area (Å²) in [5, 5.41) is 15.5. The normalized spacial score (nSPS) is 12.9. The number of nitrogens with one attached hydrogen (secondary N) is 1. The third-order valence-corrected chi connectivity index (χ3v) is 4.05. The molecule has 1 unspecified atom stereocenters. The Bertz CT molecular complexity index is 368. The minimum absolute atomic E-state index is 0.0212. The van der Waals surface area contributed by atoms with Crippen LogP contribution in [0.5, 0.6) is 5.75 Å². The van der Waals surface area contributed by atoms with E-state index in [-0.39, 0.29) is 5.75 Å². The van der Waals surface area contributed by atoms with Crippen molar-refractivity contribution >= 4 is 33.2 Å². The second-order valence-electron chi connectivity index (χ2n) is 4.24. The Morgan fingerprint density at radius 3 is 2.62 bits per heavy atom. The molecule has 4 heteroatoms. The number of halogens is 2. The second kappa shape index (κ2) is 5.78. The lowest BCUT2D eigenvalue weighted by atomic mass is 10.1. The molecule has 1 aromatic carbocycles. The van der Waals surface area contributed by atoms with Crippen LogP contribution in [0.3, 0.4) is 0 Å². The first-order valence-electron chi connectivity index (χ1n) is 5.27. The van der Waals surface area contributed by atoms with Crippen LogP contribution < -0.4 is 10.4 Å². The molecule has 0 spiro atoms. The fourth-order valence-electron chi connectivity index (χ4n) is 1.30. The highest BCUT2D eigenvalue weighted by Gasteiger charge is 2.09. The topological polar surface area (TPSA) is 35.1 Å². The van der Waals surface area contributed by atoms with Gasteiger partial charge in [-0.2, -0.15) is 0 Å². The van der Waals surface area contributed by atoms with Crippen molar-refractivity contribution in [3.8, 4) is 5.75 Å². The van der Waals surface area contributed by atoms with Gasteiger partial charge in [-0.05, 0) is 25.0 Å². The summed E-state index contributed by atoms with van der Waals surface area (Å²) in [6.45, 7) is 6.74. The highest BCUT2D eigenvalue weighted by molar-refractivity contribution is 9.09. The van der Waals surface area contributed by atoms with E-state index in [9.17, 15) is 5.11 Å². The maximum atomic E-state index is 11.8. The van der Waals surface area contributed by atoms with Crippen molar-refractivity contribution in [1.82, 2.24) is 0 Å². The monoisotopic (exact) mass is 304 g/mol. The molecule has 0 aliphatic carbocycles. The van der Waals surface area contributed by atoms with Crippen molar-refractivity contribution < 1.29 is 5.11 Å². The van der Waals surface area contributed by atoms with Gasteiger partial charge in [0.15, 0.2) is 0 Å². The third-order valence-electron chi connectivity index (χ3n) is 2.45. The minimum atomic E-state index is 0.0212. The molecule has 0 saturated carbocycles. The van der Waals surface area contributed by atoms with E-state index in [4.69, 9.17) is 11.6 Å². The van der Waals surface area contributed by atoms with Gasteiger partial charge in [-0.3, -0.25) is 0 Å². The van der Waals surface area contributed by atoms with Crippen molar-refractivity contribution in [3.05, 3.63) is 22.7 Å². The molecule has 0 aliphatic heterocycles. The molecule has 0 bridgehead atoms. The van der Waals surface area contributed by atoms with Crippen LogP contribution in [0.2, 0.25) is 5.02 Å². The first-order valence-corrected chi connectivity index (χ1v) is 6.56. The van der Waals surface area contributed by atoms with Gasteiger partial charge < -0.3 is 10.4 Å². The first kappa shape index (κ1) is 13.7. The largest absolute Gasteiger partial charge is 0.871 e. The van der Waals surface area contributed by atoms with Crippen LogP contribution in [0.15, 0.2) is 12.1 Å². The molecular formula is C12H16BrClNO-. The summed E-state index contributed by atoms with van der Waals surface area (Å²) in [4.78, 5) is 0.339. The average molecular weight is 306 g/mol. The Hall–Kier alpha value is -0.410. The third kappa shape index (κ3) is 3.56. The van der Waals surface area contributed by atoms with Crippen LogP contribution in [0.25, 0.3) is 0 Å². The summed E-state index contributed by atoms with van der Waals surface area (Å²) in [5.74, 6) is 0.538. The average Bonchev–Trinajstić information content (AvgIpc) is 2.20. The van der Waals surface area contributed by atoms with Crippen LogP contribution in [-0.2, 0) is 0 Å². The van der Waals surface area contributed by atoms with Gasteiger partial charge in [0.1, 0.15) is 0 Å². The van der Waals surface area contributed by atoms with Crippen molar-refractivity contribution in [2.24, 2.45) is 5.92 Å². The van der Waals surface area contributed by atoms with E-state index in [0.717, 1.165) is 0 Å². The zero-order chi connectivity index (χ0) is 12.3. The maximum absolute atomic E-state index is 11.8.